The monoisotopic (exact) mass is 1610 g/mol. The third-order valence-electron chi connectivity index (χ3n) is 5.96. The van der Waals surface area contributed by atoms with E-state index in [-0.39, 0.29) is 380 Å². The quantitative estimate of drug-likeness (QED) is 0.180. The van der Waals surface area contributed by atoms with Crippen molar-refractivity contribution >= 4 is 33.5 Å². The molecule has 0 aliphatic heterocycles. The van der Waals surface area contributed by atoms with Crippen LogP contribution in [0.1, 0.15) is 42.7 Å². The first kappa shape index (κ1) is 47.3. The van der Waals surface area contributed by atoms with Crippen molar-refractivity contribution in [3.8, 4) is 0 Å². The van der Waals surface area contributed by atoms with Gasteiger partial charge in [0, 0.05) is 407 Å². The zero-order valence-corrected chi connectivity index (χ0v) is 60.9. The summed E-state index contributed by atoms with van der Waals surface area (Å²) in [5, 5.41) is 0. The van der Waals surface area contributed by atoms with Gasteiger partial charge >= 0.3 is 5.69 Å². The molecule has 0 saturated heterocycles. The first-order valence-corrected chi connectivity index (χ1v) is 11.9. The maximum Gasteiger partial charge on any atom is 0.313 e. The fourth-order valence-electron chi connectivity index (χ4n) is 3.83. The van der Waals surface area contributed by atoms with E-state index in [9.17, 15) is 28.8 Å². The molecule has 29 heteroatoms. The number of aryl methyl sites for hydroxylation is 4. The molecule has 0 aromatic carbocycles. The molecule has 0 spiro atoms. The summed E-state index contributed by atoms with van der Waals surface area (Å²) in [5.74, 6) is 0. The second-order valence-corrected chi connectivity index (χ2v) is 8.36. The van der Waals surface area contributed by atoms with Crippen LogP contribution in [0.4, 0.5) is 0 Å². The number of nitrogens with zero attached hydrogens (tertiary/aromatic N) is 12. The minimum absolute atomic E-state index is 0. The van der Waals surface area contributed by atoms with E-state index in [0.29, 0.717) is 27.4 Å². The fourth-order valence-corrected chi connectivity index (χ4v) is 3.83. The number of fused-ring (bicyclic) bond motifs is 3. The van der Waals surface area contributed by atoms with Gasteiger partial charge in [0.15, 0.2) is 5.56 Å². The topological polar surface area (TPSA) is 185 Å². The van der Waals surface area contributed by atoms with E-state index in [4.69, 9.17) is 21.9 Å². The van der Waals surface area contributed by atoms with E-state index in [1.807, 2.05) is 0 Å². The summed E-state index contributed by atoms with van der Waals surface area (Å²) >= 11 is 0. The number of hydrogen-bond donors (Lipinski definition) is 0. The number of rotatable bonds is 3. The van der Waals surface area contributed by atoms with Crippen molar-refractivity contribution in [2.24, 2.45) is 27.9 Å². The maximum atomic E-state index is 12.2. The van der Waals surface area contributed by atoms with Crippen LogP contribution in [0, 0.1) is 39.6 Å². The minimum atomic E-state index is -2.92. The smallest absolute Gasteiger partial charge is 0.313 e. The Labute approximate surface area is 621 Å². The van der Waals surface area contributed by atoms with E-state index in [1.165, 1.54) is 6.92 Å². The van der Waals surface area contributed by atoms with E-state index in [1.54, 1.807) is 0 Å². The number of imidazole rings is 3. The van der Waals surface area contributed by atoms with E-state index >= 15 is 0 Å². The summed E-state index contributed by atoms with van der Waals surface area (Å²) in [7, 11) is 6.77. The Bertz CT molecular complexity index is 3090. The summed E-state index contributed by atoms with van der Waals surface area (Å²) in [5.41, 5.74) is -9.04. The molecule has 0 unspecified atom stereocenters. The third-order valence-corrected chi connectivity index (χ3v) is 5.96. The van der Waals surface area contributed by atoms with Gasteiger partial charge < -0.3 is 65.9 Å². The average molecular weight is 1610 g/mol. The molecule has 18 nitrogen and oxygen atoms in total. The summed E-state index contributed by atoms with van der Waals surface area (Å²) in [6.07, 6.45) is 6.41. The fraction of sp³-hybridized carbons (Fsp3) is 0.333. The third kappa shape index (κ3) is 17.1. The average Bonchev–Trinajstić information content (AvgIpc) is 3.80. The molecule has 273 valence electrons. The maximum absolute atomic E-state index is 12.2. The normalized spacial score (nSPS) is 14.5. The van der Waals surface area contributed by atoms with Crippen LogP contribution in [-0.4, -0.2) is 56.1 Å². The first-order valence-electron chi connectivity index (χ1n) is 19.9. The van der Waals surface area contributed by atoms with Crippen molar-refractivity contribution in [3.05, 3.63) is 102 Å². The van der Waals surface area contributed by atoms with Gasteiger partial charge in [-0.2, -0.15) is 7.05 Å². The van der Waals surface area contributed by atoms with E-state index in [2.05, 4.69) is 48.0 Å². The van der Waals surface area contributed by atoms with Gasteiger partial charge in [0.05, 0.1) is 0 Å². The SMILES string of the molecule is [2H]C([2H])([2H])n1[c-]nc2c1c(=O)n(C([2H])([2H])C)c(=O)n2[CH2-].[2H]C([2H])([2H])n1[c-]nc2c1c(=O)n([CH-]C)c(=O)n2C([2H])([2H])[2H].[2H]C([2H])([2H])n1c(=O)n(C([2H])([2H])C)c(=O)c2c1n[c-]n2[CH2-].[Y].[Y].[Y].[Y].[Y].[Y].[Y].[Y].[Y].[Y].[Y]. The largest absolute Gasteiger partial charge is 0.567 e. The molecule has 6 heterocycles. The van der Waals surface area contributed by atoms with Crippen molar-refractivity contribution in [3.63, 3.8) is 0 Å². The van der Waals surface area contributed by atoms with Crippen LogP contribution in [0.15, 0.2) is 28.8 Å². The van der Waals surface area contributed by atoms with Crippen LogP contribution >= 0.6 is 0 Å². The van der Waals surface area contributed by atoms with Crippen molar-refractivity contribution in [1.29, 1.82) is 0 Å². The molecule has 0 aliphatic rings. The Kier molecular flexibility index (Phi) is 30.6. The van der Waals surface area contributed by atoms with E-state index in [0.717, 1.165) is 25.0 Å². The van der Waals surface area contributed by atoms with Crippen LogP contribution in [0.3, 0.4) is 0 Å². The van der Waals surface area contributed by atoms with Crippen LogP contribution in [-0.2, 0) is 401 Å². The van der Waals surface area contributed by atoms with Gasteiger partial charge in [-0.25, -0.2) is 4.79 Å². The Morgan fingerprint density at radius 3 is 1.41 bits per heavy atom. The van der Waals surface area contributed by atoms with Gasteiger partial charge in [-0.15, -0.1) is 25.4 Å². The predicted molar refractivity (Wildman–Crippen MR) is 163 cm³/mol. The van der Waals surface area contributed by atoms with Gasteiger partial charge in [0.1, 0.15) is 5.56 Å². The summed E-state index contributed by atoms with van der Waals surface area (Å²) in [4.78, 5) is 83.4. The predicted octanol–water partition coefficient (Wildman–Crippen LogP) is -2.05. The Hall–Kier alpha value is 6.20. The molecule has 0 N–H and O–H groups in total. The molecular formula is C27H30N12O6Y11-6. The molecule has 0 aliphatic carbocycles. The van der Waals surface area contributed by atoms with Crippen molar-refractivity contribution in [1.82, 2.24) is 56.1 Å². The molecule has 0 bridgehead atoms. The van der Waals surface area contributed by atoms with Crippen LogP contribution < -0.4 is 33.7 Å². The minimum Gasteiger partial charge on any atom is -0.567 e. The second-order valence-electron chi connectivity index (χ2n) is 8.36. The number of hydrogen-bond acceptors (Lipinski definition) is 9. The molecule has 0 amide bonds. The zero-order valence-electron chi connectivity index (χ0n) is 45.7. The van der Waals surface area contributed by atoms with Crippen LogP contribution in [0.5, 0.6) is 0 Å². The standard InChI is InChI=1S/3C9H10N4O2.11Y/c3*1-4-13-8(14)6-7(10-5-11(6)2)12(3)9(13)15;;;;;;;;;;;/h4H,1-3H3;3-4H2,1-2H3;2,4H2,1,3H3;;;;;;;;;;;/q3*-2;;;;;;;;;;;/i2D3,3D3;2D3,4D2;3D3,4D2;;;;;;;;;;;. The summed E-state index contributed by atoms with van der Waals surface area (Å²) in [6.45, 7) is -11.7. The molecule has 6 aromatic rings. The molecule has 0 saturated carbocycles. The molecule has 6 aromatic heterocycles. The molecule has 11 radical (unpaired) electrons. The summed E-state index contributed by atoms with van der Waals surface area (Å²) < 4.78 is 122. The van der Waals surface area contributed by atoms with Gasteiger partial charge in [0.25, 0.3) is 0 Å². The van der Waals surface area contributed by atoms with Gasteiger partial charge in [0.2, 0.25) is 16.9 Å². The Balaban J connectivity index is -0.000000132. The van der Waals surface area contributed by atoms with Crippen molar-refractivity contribution < 1.29 is 382 Å². The molecule has 0 atom stereocenters. The summed E-state index contributed by atoms with van der Waals surface area (Å²) in [6, 6.07) is 0. The molecule has 0 fully saturated rings. The number of aromatic nitrogens is 12. The van der Waals surface area contributed by atoms with Crippen molar-refractivity contribution in [2.75, 3.05) is 0 Å². The van der Waals surface area contributed by atoms with Gasteiger partial charge in [-0.05, 0) is 58.6 Å². The Morgan fingerprint density at radius 2 is 0.964 bits per heavy atom. The van der Waals surface area contributed by atoms with Crippen molar-refractivity contribution in [2.45, 2.75) is 33.8 Å². The molecule has 6 rings (SSSR count). The van der Waals surface area contributed by atoms with Crippen LogP contribution in [0.25, 0.3) is 33.5 Å². The zero-order chi connectivity index (χ0) is 47.1. The first-order chi connectivity index (χ1) is 27.4. The van der Waals surface area contributed by atoms with E-state index < -0.39 is 97.0 Å². The molecule has 56 heavy (non-hydrogen) atoms. The second kappa shape index (κ2) is 36.3. The Morgan fingerprint density at radius 1 is 0.571 bits per heavy atom. The van der Waals surface area contributed by atoms with Gasteiger partial charge in [-0.3, -0.25) is 14.2 Å². The van der Waals surface area contributed by atoms with Gasteiger partial charge in [-0.1, -0.05) is 18.1 Å². The molecular weight excluding hydrogens is 1570 g/mol. The van der Waals surface area contributed by atoms with Crippen LogP contribution in [0.2, 0.25) is 0 Å².